The fraction of sp³-hybridized carbons (Fsp3) is 0.514. The van der Waals surface area contributed by atoms with E-state index in [1.165, 1.54) is 34.0 Å². The molecule has 0 atom stereocenters. The summed E-state index contributed by atoms with van der Waals surface area (Å²) < 4.78 is 11.5. The Morgan fingerprint density at radius 2 is 1.61 bits per heavy atom. The molecule has 224 valence electrons. The lowest BCUT2D eigenvalue weighted by molar-refractivity contribution is -0.0101. The molecule has 0 saturated heterocycles. The molecule has 0 fully saturated rings. The van der Waals surface area contributed by atoms with Crippen molar-refractivity contribution in [3.63, 3.8) is 0 Å². The number of fused-ring (bicyclic) bond motifs is 1. The van der Waals surface area contributed by atoms with Crippen LogP contribution in [0, 0.1) is 11.3 Å². The van der Waals surface area contributed by atoms with Crippen LogP contribution in [0.15, 0.2) is 53.4 Å². The molecule has 0 aliphatic rings. The molecule has 6 heteroatoms. The summed E-state index contributed by atoms with van der Waals surface area (Å²) in [5.74, 6) is 0. The van der Waals surface area contributed by atoms with Crippen LogP contribution < -0.4 is 9.62 Å². The minimum atomic E-state index is -0.166. The molecule has 5 nitrogen and oxygen atoms in total. The molecule has 0 amide bonds. The van der Waals surface area contributed by atoms with Gasteiger partial charge in [0.1, 0.15) is 11.0 Å². The number of anilines is 1. The Hall–Kier alpha value is -2.72. The highest BCUT2D eigenvalue weighted by Gasteiger charge is 2.20. The molecule has 0 radical (unpaired) electrons. The first-order valence-corrected chi connectivity index (χ1v) is 15.9. The smallest absolute Gasteiger partial charge is 0.108 e. The summed E-state index contributed by atoms with van der Waals surface area (Å²) in [6.45, 7) is 21.8. The second kappa shape index (κ2) is 16.1. The summed E-state index contributed by atoms with van der Waals surface area (Å²) >= 11 is 1.38. The maximum absolute atomic E-state index is 9.81. The monoisotopic (exact) mass is 576 g/mol. The third-order valence-electron chi connectivity index (χ3n) is 6.72. The largest absolute Gasteiger partial charge is 0.376 e. The molecule has 0 saturated carbocycles. The molecule has 3 aromatic rings. The number of allylic oxidation sites excluding steroid dienone is 1. The van der Waals surface area contributed by atoms with Gasteiger partial charge in [-0.05, 0) is 119 Å². The van der Waals surface area contributed by atoms with Crippen molar-refractivity contribution >= 4 is 34.5 Å². The Kier molecular flexibility index (Phi) is 13.5. The average molecular weight is 577 g/mol. The zero-order valence-corrected chi connectivity index (χ0v) is 27.9. The maximum Gasteiger partial charge on any atom is 0.108 e. The number of rotatable bonds is 13. The molecule has 2 aromatic carbocycles. The first-order valence-electron chi connectivity index (χ1n) is 15.1. The molecule has 0 spiro atoms. The third kappa shape index (κ3) is 10.6. The van der Waals surface area contributed by atoms with Gasteiger partial charge in [0.05, 0.1) is 5.60 Å². The van der Waals surface area contributed by atoms with Gasteiger partial charge >= 0.3 is 0 Å². The van der Waals surface area contributed by atoms with Crippen molar-refractivity contribution in [2.75, 3.05) is 24.6 Å². The second-order valence-corrected chi connectivity index (χ2v) is 12.7. The van der Waals surface area contributed by atoms with Gasteiger partial charge in [0.25, 0.3) is 0 Å². The van der Waals surface area contributed by atoms with Gasteiger partial charge in [-0.25, -0.2) is 0 Å². The molecule has 0 aliphatic heterocycles. The van der Waals surface area contributed by atoms with E-state index in [-0.39, 0.29) is 11.1 Å². The van der Waals surface area contributed by atoms with Gasteiger partial charge in [0.2, 0.25) is 0 Å². The summed E-state index contributed by atoms with van der Waals surface area (Å²) in [7, 11) is 2.06. The minimum absolute atomic E-state index is 0.149. The van der Waals surface area contributed by atoms with E-state index in [0.717, 1.165) is 43.7 Å². The molecule has 0 unspecified atom stereocenters. The van der Waals surface area contributed by atoms with Crippen LogP contribution in [-0.4, -0.2) is 35.4 Å². The van der Waals surface area contributed by atoms with E-state index >= 15 is 0 Å². The van der Waals surface area contributed by atoms with Crippen molar-refractivity contribution < 1.29 is 4.74 Å². The van der Waals surface area contributed by atoms with E-state index in [1.807, 2.05) is 19.9 Å². The normalized spacial score (nSPS) is 12.2. The highest BCUT2D eigenvalue weighted by Crippen LogP contribution is 2.30. The third-order valence-corrected chi connectivity index (χ3v) is 7.80. The quantitative estimate of drug-likeness (QED) is 0.162. The van der Waals surface area contributed by atoms with Gasteiger partial charge in [-0.15, -0.1) is 0 Å². The number of aromatic nitrogens is 1. The average Bonchev–Trinajstić information content (AvgIpc) is 3.30. The van der Waals surface area contributed by atoms with Crippen molar-refractivity contribution in [3.05, 3.63) is 59.1 Å². The van der Waals surface area contributed by atoms with Gasteiger partial charge < -0.3 is 14.2 Å². The first kappa shape index (κ1) is 34.5. The molecule has 1 N–H and O–H groups in total. The Labute approximate surface area is 254 Å². The number of nitrogens with zero attached hydrogens (tertiary/aromatic N) is 3. The maximum atomic E-state index is 9.81. The molecule has 1 aromatic heterocycles. The Balaban J connectivity index is 0.00000287. The SMILES string of the molecule is CC.CCCN(CCC)c1ccc2cc(-c3ccc(/C=C(\C#N)SNC(C)(C)CCOC(C)(C)C)n3C)ccc2c1. The highest BCUT2D eigenvalue weighted by molar-refractivity contribution is 8.01. The Bertz CT molecular complexity index is 1300. The van der Waals surface area contributed by atoms with E-state index in [0.29, 0.717) is 11.5 Å². The van der Waals surface area contributed by atoms with Crippen molar-refractivity contribution in [3.8, 4) is 17.3 Å². The topological polar surface area (TPSA) is 53.2 Å². The zero-order chi connectivity index (χ0) is 30.6. The number of ether oxygens (including phenoxy) is 1. The van der Waals surface area contributed by atoms with Gasteiger partial charge in [0, 0.05) is 49.4 Å². The molecule has 3 rings (SSSR count). The molecular weight excluding hydrogens is 524 g/mol. The van der Waals surface area contributed by atoms with Crippen LogP contribution >= 0.6 is 11.9 Å². The molecule has 41 heavy (non-hydrogen) atoms. The number of hydrogen-bond donors (Lipinski definition) is 1. The lowest BCUT2D eigenvalue weighted by atomic mass is 10.0. The Morgan fingerprint density at radius 1 is 0.976 bits per heavy atom. The van der Waals surface area contributed by atoms with Crippen LogP contribution in [0.1, 0.15) is 87.3 Å². The van der Waals surface area contributed by atoms with Crippen LogP contribution in [-0.2, 0) is 11.8 Å². The second-order valence-electron chi connectivity index (χ2n) is 11.9. The minimum Gasteiger partial charge on any atom is -0.376 e. The molecular formula is C35H52N4OS. The number of hydrogen-bond acceptors (Lipinski definition) is 5. The van der Waals surface area contributed by atoms with Crippen molar-refractivity contribution in [1.29, 1.82) is 5.26 Å². The van der Waals surface area contributed by atoms with Gasteiger partial charge in [-0.2, -0.15) is 5.26 Å². The lowest BCUT2D eigenvalue weighted by Gasteiger charge is -2.28. The molecule has 1 heterocycles. The van der Waals surface area contributed by atoms with E-state index in [1.54, 1.807) is 0 Å². The van der Waals surface area contributed by atoms with Crippen molar-refractivity contribution in [2.24, 2.45) is 7.05 Å². The Morgan fingerprint density at radius 3 is 2.22 bits per heavy atom. The summed E-state index contributed by atoms with van der Waals surface area (Å²) in [6.07, 6.45) is 5.09. The van der Waals surface area contributed by atoms with Crippen LogP contribution in [0.25, 0.3) is 28.1 Å². The fourth-order valence-corrected chi connectivity index (χ4v) is 5.25. The zero-order valence-electron chi connectivity index (χ0n) is 27.1. The number of nitriles is 1. The fourth-order valence-electron chi connectivity index (χ4n) is 4.54. The van der Waals surface area contributed by atoms with Crippen LogP contribution in [0.4, 0.5) is 5.69 Å². The molecule has 0 aliphatic carbocycles. The summed E-state index contributed by atoms with van der Waals surface area (Å²) in [5.41, 5.74) is 4.27. The van der Waals surface area contributed by atoms with Gasteiger partial charge in [-0.1, -0.05) is 45.9 Å². The summed E-state index contributed by atoms with van der Waals surface area (Å²) in [5, 5.41) is 12.3. The highest BCUT2D eigenvalue weighted by atomic mass is 32.2. The predicted molar refractivity (Wildman–Crippen MR) is 181 cm³/mol. The first-order chi connectivity index (χ1) is 19.5. The lowest BCUT2D eigenvalue weighted by Crippen LogP contribution is -2.36. The number of benzene rings is 2. The van der Waals surface area contributed by atoms with E-state index in [9.17, 15) is 5.26 Å². The summed E-state index contributed by atoms with van der Waals surface area (Å²) in [4.78, 5) is 3.10. The van der Waals surface area contributed by atoms with Gasteiger partial charge in [-0.3, -0.25) is 4.72 Å². The van der Waals surface area contributed by atoms with E-state index in [2.05, 4.69) is 124 Å². The van der Waals surface area contributed by atoms with E-state index in [4.69, 9.17) is 4.74 Å². The van der Waals surface area contributed by atoms with Crippen molar-refractivity contribution in [1.82, 2.24) is 9.29 Å². The van der Waals surface area contributed by atoms with Crippen LogP contribution in [0.5, 0.6) is 0 Å². The van der Waals surface area contributed by atoms with Crippen LogP contribution in [0.3, 0.4) is 0 Å². The van der Waals surface area contributed by atoms with E-state index < -0.39 is 0 Å². The standard InChI is InChI=1S/C33H46N4OS.C2H6/c1-9-18-37(19-10-2)29-14-13-25-21-27(12-11-26(25)22-29)31-16-15-28(36(31)8)23-30(24-34)39-35-33(6,7)17-20-38-32(3,4)5;1-2/h11-16,21-23,35H,9-10,17-20H2,1-8H3;1-2H3/b30-23+;. The van der Waals surface area contributed by atoms with Crippen molar-refractivity contribution in [2.45, 2.75) is 92.7 Å². The predicted octanol–water partition coefficient (Wildman–Crippen LogP) is 9.58. The van der Waals surface area contributed by atoms with Gasteiger partial charge in [0.15, 0.2) is 0 Å². The number of nitrogens with one attached hydrogen (secondary N) is 1. The molecule has 0 bridgehead atoms. The van der Waals surface area contributed by atoms with Crippen LogP contribution in [0.2, 0.25) is 0 Å². The summed E-state index contributed by atoms with van der Waals surface area (Å²) in [6, 6.07) is 20.0.